The molecule has 0 heterocycles. The molecule has 0 rings (SSSR count). The fourth-order valence-corrected chi connectivity index (χ4v) is 0.896. The van der Waals surface area contributed by atoms with Crippen LogP contribution in [0.25, 0.3) is 0 Å². The standard InChI is InChI=1S/C8H16O5/c1-11-7(9)5-3-4-6-8(12-2)13-10/h8,10H,3-6H2,1-2H3. The monoisotopic (exact) mass is 192 g/mol. The summed E-state index contributed by atoms with van der Waals surface area (Å²) in [6.45, 7) is 0. The number of methoxy groups -OCH3 is 2. The average molecular weight is 192 g/mol. The molecular weight excluding hydrogens is 176 g/mol. The summed E-state index contributed by atoms with van der Waals surface area (Å²) in [6.07, 6.45) is 1.80. The van der Waals surface area contributed by atoms with E-state index in [9.17, 15) is 4.79 Å². The third kappa shape index (κ3) is 6.51. The number of carbonyl (C=O) groups is 1. The van der Waals surface area contributed by atoms with Crippen molar-refractivity contribution in [3.63, 3.8) is 0 Å². The molecule has 0 saturated carbocycles. The molecule has 1 atom stereocenters. The predicted molar refractivity (Wildman–Crippen MR) is 45.0 cm³/mol. The minimum absolute atomic E-state index is 0.223. The van der Waals surface area contributed by atoms with Crippen LogP contribution in [0.3, 0.4) is 0 Å². The first-order valence-corrected chi connectivity index (χ1v) is 4.14. The van der Waals surface area contributed by atoms with Gasteiger partial charge in [0.25, 0.3) is 0 Å². The summed E-state index contributed by atoms with van der Waals surface area (Å²) in [5.41, 5.74) is 0. The molecule has 5 nitrogen and oxygen atoms in total. The molecule has 78 valence electrons. The molecule has 0 aliphatic rings. The smallest absolute Gasteiger partial charge is 0.305 e. The SMILES string of the molecule is COC(=O)CCCCC(OC)OO. The Morgan fingerprint density at radius 1 is 1.38 bits per heavy atom. The van der Waals surface area contributed by atoms with Crippen LogP contribution in [0, 0.1) is 0 Å². The van der Waals surface area contributed by atoms with Crippen molar-refractivity contribution in [2.75, 3.05) is 14.2 Å². The van der Waals surface area contributed by atoms with Crippen LogP contribution >= 0.6 is 0 Å². The lowest BCUT2D eigenvalue weighted by Gasteiger charge is -2.09. The van der Waals surface area contributed by atoms with Gasteiger partial charge in [-0.3, -0.25) is 4.79 Å². The number of ether oxygens (including phenoxy) is 2. The Hall–Kier alpha value is -0.650. The highest BCUT2D eigenvalue weighted by atomic mass is 17.1. The first-order valence-electron chi connectivity index (χ1n) is 4.14. The van der Waals surface area contributed by atoms with E-state index in [-0.39, 0.29) is 5.97 Å². The van der Waals surface area contributed by atoms with E-state index in [1.807, 2.05) is 0 Å². The molecule has 0 saturated heterocycles. The van der Waals surface area contributed by atoms with E-state index in [1.54, 1.807) is 0 Å². The Morgan fingerprint density at radius 2 is 2.08 bits per heavy atom. The van der Waals surface area contributed by atoms with Gasteiger partial charge in [0.15, 0.2) is 6.29 Å². The highest BCUT2D eigenvalue weighted by molar-refractivity contribution is 5.68. The lowest BCUT2D eigenvalue weighted by Crippen LogP contribution is -2.13. The van der Waals surface area contributed by atoms with E-state index in [0.29, 0.717) is 19.3 Å². The summed E-state index contributed by atoms with van der Waals surface area (Å²) >= 11 is 0. The molecule has 1 N–H and O–H groups in total. The number of hydrogen-bond donors (Lipinski definition) is 1. The maximum absolute atomic E-state index is 10.7. The second kappa shape index (κ2) is 7.97. The summed E-state index contributed by atoms with van der Waals surface area (Å²) in [6, 6.07) is 0. The Labute approximate surface area is 77.5 Å². The number of esters is 1. The van der Waals surface area contributed by atoms with Gasteiger partial charge in [-0.05, 0) is 12.8 Å². The molecule has 0 fully saturated rings. The van der Waals surface area contributed by atoms with Crippen LogP contribution < -0.4 is 0 Å². The van der Waals surface area contributed by atoms with Gasteiger partial charge in [-0.2, -0.15) is 0 Å². The Bertz CT molecular complexity index is 132. The van der Waals surface area contributed by atoms with E-state index >= 15 is 0 Å². The van der Waals surface area contributed by atoms with Gasteiger partial charge >= 0.3 is 5.97 Å². The molecule has 0 amide bonds. The Balaban J connectivity index is 3.28. The Kier molecular flexibility index (Phi) is 7.57. The first kappa shape index (κ1) is 12.3. The maximum atomic E-state index is 10.7. The number of unbranched alkanes of at least 4 members (excludes halogenated alkanes) is 1. The van der Waals surface area contributed by atoms with Crippen LogP contribution in [-0.2, 0) is 19.2 Å². The zero-order chi connectivity index (χ0) is 10.1. The van der Waals surface area contributed by atoms with Crippen molar-refractivity contribution in [1.29, 1.82) is 0 Å². The van der Waals surface area contributed by atoms with Crippen molar-refractivity contribution in [1.82, 2.24) is 0 Å². The summed E-state index contributed by atoms with van der Waals surface area (Å²) < 4.78 is 9.20. The van der Waals surface area contributed by atoms with Crippen molar-refractivity contribution in [2.24, 2.45) is 0 Å². The van der Waals surface area contributed by atoms with Crippen LogP contribution in [0.5, 0.6) is 0 Å². The van der Waals surface area contributed by atoms with Crippen molar-refractivity contribution >= 4 is 5.97 Å². The average Bonchev–Trinajstić information content (AvgIpc) is 2.18. The van der Waals surface area contributed by atoms with Crippen molar-refractivity contribution in [3.8, 4) is 0 Å². The molecule has 13 heavy (non-hydrogen) atoms. The quantitative estimate of drug-likeness (QED) is 0.216. The van der Waals surface area contributed by atoms with E-state index < -0.39 is 6.29 Å². The third-order valence-electron chi connectivity index (χ3n) is 1.68. The number of hydrogen-bond acceptors (Lipinski definition) is 5. The van der Waals surface area contributed by atoms with Gasteiger partial charge in [-0.1, -0.05) is 0 Å². The lowest BCUT2D eigenvalue weighted by molar-refractivity contribution is -0.341. The molecule has 1 unspecified atom stereocenters. The van der Waals surface area contributed by atoms with Crippen LogP contribution in [-0.4, -0.2) is 31.7 Å². The second-order valence-corrected chi connectivity index (χ2v) is 2.59. The van der Waals surface area contributed by atoms with Gasteiger partial charge in [-0.15, -0.1) is 0 Å². The van der Waals surface area contributed by atoms with Gasteiger partial charge < -0.3 is 9.47 Å². The van der Waals surface area contributed by atoms with Crippen molar-refractivity contribution < 1.29 is 24.4 Å². The van der Waals surface area contributed by atoms with Crippen molar-refractivity contribution in [3.05, 3.63) is 0 Å². The van der Waals surface area contributed by atoms with Crippen molar-refractivity contribution in [2.45, 2.75) is 32.0 Å². The molecule has 0 aliphatic heterocycles. The minimum Gasteiger partial charge on any atom is -0.469 e. The molecule has 0 aromatic heterocycles. The van der Waals surface area contributed by atoms with E-state index in [2.05, 4.69) is 9.62 Å². The summed E-state index contributed by atoms with van der Waals surface area (Å²) in [7, 11) is 2.80. The van der Waals surface area contributed by atoms with Crippen LogP contribution in [0.4, 0.5) is 0 Å². The fraction of sp³-hybridized carbons (Fsp3) is 0.875. The fourth-order valence-electron chi connectivity index (χ4n) is 0.896. The lowest BCUT2D eigenvalue weighted by atomic mass is 10.2. The molecule has 0 aromatic carbocycles. The predicted octanol–water partition coefficient (Wildman–Crippen LogP) is 1.18. The highest BCUT2D eigenvalue weighted by Gasteiger charge is 2.07. The molecular formula is C8H16O5. The second-order valence-electron chi connectivity index (χ2n) is 2.59. The van der Waals surface area contributed by atoms with E-state index in [0.717, 1.165) is 6.42 Å². The zero-order valence-electron chi connectivity index (χ0n) is 7.99. The largest absolute Gasteiger partial charge is 0.469 e. The molecule has 0 radical (unpaired) electrons. The van der Waals surface area contributed by atoms with Gasteiger partial charge in [0.1, 0.15) is 0 Å². The minimum atomic E-state index is -0.599. The Morgan fingerprint density at radius 3 is 2.54 bits per heavy atom. The molecule has 0 aliphatic carbocycles. The molecule has 0 aromatic rings. The topological polar surface area (TPSA) is 65.0 Å². The van der Waals surface area contributed by atoms with Gasteiger partial charge in [0, 0.05) is 20.0 Å². The van der Waals surface area contributed by atoms with Gasteiger partial charge in [0.05, 0.1) is 7.11 Å². The molecule has 5 heteroatoms. The van der Waals surface area contributed by atoms with E-state index in [1.165, 1.54) is 14.2 Å². The van der Waals surface area contributed by atoms with Crippen LogP contribution in [0.15, 0.2) is 0 Å². The normalized spacial score (nSPS) is 12.5. The van der Waals surface area contributed by atoms with E-state index in [4.69, 9.17) is 9.99 Å². The third-order valence-corrected chi connectivity index (χ3v) is 1.68. The van der Waals surface area contributed by atoms with Gasteiger partial charge in [-0.25, -0.2) is 10.1 Å². The summed E-state index contributed by atoms with van der Waals surface area (Å²) in [5.74, 6) is -0.223. The number of carbonyl (C=O) groups excluding carboxylic acids is 1. The zero-order valence-corrected chi connectivity index (χ0v) is 7.99. The maximum Gasteiger partial charge on any atom is 0.305 e. The van der Waals surface area contributed by atoms with Crippen LogP contribution in [0.2, 0.25) is 0 Å². The number of rotatable bonds is 7. The van der Waals surface area contributed by atoms with Gasteiger partial charge in [0.2, 0.25) is 0 Å². The summed E-state index contributed by atoms with van der Waals surface area (Å²) in [5, 5.41) is 8.26. The highest BCUT2D eigenvalue weighted by Crippen LogP contribution is 2.06. The summed E-state index contributed by atoms with van der Waals surface area (Å²) in [4.78, 5) is 14.7. The molecule has 0 spiro atoms. The van der Waals surface area contributed by atoms with Crippen LogP contribution in [0.1, 0.15) is 25.7 Å². The molecule has 0 bridgehead atoms. The first-order chi connectivity index (χ1) is 6.24.